The van der Waals surface area contributed by atoms with Crippen molar-refractivity contribution >= 4 is 11.7 Å². The van der Waals surface area contributed by atoms with Crippen molar-refractivity contribution in [2.75, 3.05) is 37.6 Å². The predicted molar refractivity (Wildman–Crippen MR) is 115 cm³/mol. The van der Waals surface area contributed by atoms with Crippen LogP contribution in [0.4, 0.5) is 10.1 Å². The van der Waals surface area contributed by atoms with Crippen LogP contribution in [0.1, 0.15) is 39.0 Å². The minimum Gasteiger partial charge on any atom is -0.462 e. The van der Waals surface area contributed by atoms with Gasteiger partial charge < -0.3 is 14.5 Å². The number of hydrogen-bond donors (Lipinski definition) is 1. The Labute approximate surface area is 179 Å². The molecule has 5 rings (SSSR count). The van der Waals surface area contributed by atoms with Gasteiger partial charge in [-0.15, -0.1) is 0 Å². The fourth-order valence-electron chi connectivity index (χ4n) is 6.74. The summed E-state index contributed by atoms with van der Waals surface area (Å²) >= 11 is 0. The van der Waals surface area contributed by atoms with Gasteiger partial charge in [0.05, 0.1) is 32.7 Å². The first-order chi connectivity index (χ1) is 14.4. The van der Waals surface area contributed by atoms with E-state index in [4.69, 9.17) is 4.74 Å². The van der Waals surface area contributed by atoms with Gasteiger partial charge in [-0.1, -0.05) is 19.1 Å². The van der Waals surface area contributed by atoms with Crippen LogP contribution in [-0.4, -0.2) is 44.8 Å². The Balaban J connectivity index is 1.22. The van der Waals surface area contributed by atoms with Crippen LogP contribution >= 0.6 is 0 Å². The average molecular weight is 414 g/mol. The number of carbonyl (C=O) groups excluding carboxylic acids is 1. The molecule has 2 heterocycles. The number of fused-ring (bicyclic) bond motifs is 2. The first-order valence-electron chi connectivity index (χ1n) is 11.7. The Hall–Kier alpha value is -1.88. The van der Waals surface area contributed by atoms with E-state index < -0.39 is 0 Å². The second kappa shape index (κ2) is 7.67. The van der Waals surface area contributed by atoms with Crippen LogP contribution in [0.2, 0.25) is 0 Å². The summed E-state index contributed by atoms with van der Waals surface area (Å²) in [5.74, 6) is 0.775. The van der Waals surface area contributed by atoms with Crippen molar-refractivity contribution in [2.45, 2.75) is 45.1 Å². The Morgan fingerprint density at radius 2 is 2.00 bits per heavy atom. The van der Waals surface area contributed by atoms with Crippen LogP contribution in [0.25, 0.3) is 0 Å². The number of anilines is 1. The first kappa shape index (κ1) is 20.0. The fourth-order valence-corrected chi connectivity index (χ4v) is 6.74. The Morgan fingerprint density at radius 1 is 1.27 bits per heavy atom. The minimum absolute atomic E-state index is 0.0293. The molecule has 5 heteroatoms. The molecule has 0 radical (unpaired) electrons. The number of nitrogens with zero attached hydrogens (tertiary/aromatic N) is 1. The molecule has 4 aliphatic rings. The van der Waals surface area contributed by atoms with Gasteiger partial charge in [0, 0.05) is 11.6 Å². The smallest absolute Gasteiger partial charge is 0.315 e. The average Bonchev–Trinajstić information content (AvgIpc) is 3.01. The number of carbonyl (C=O) groups is 1. The zero-order chi connectivity index (χ0) is 20.9. The highest BCUT2D eigenvalue weighted by molar-refractivity contribution is 5.75. The van der Waals surface area contributed by atoms with E-state index in [0.717, 1.165) is 57.7 Å². The van der Waals surface area contributed by atoms with Gasteiger partial charge in [0.2, 0.25) is 0 Å². The van der Waals surface area contributed by atoms with Crippen LogP contribution in [-0.2, 0) is 9.53 Å². The molecule has 0 amide bonds. The third kappa shape index (κ3) is 3.55. The van der Waals surface area contributed by atoms with E-state index in [2.05, 4.69) is 18.4 Å². The zero-order valence-electron chi connectivity index (χ0n) is 18.0. The summed E-state index contributed by atoms with van der Waals surface area (Å²) in [6.45, 7) is 11.6. The summed E-state index contributed by atoms with van der Waals surface area (Å²) in [4.78, 5) is 16.6. The number of esters is 1. The van der Waals surface area contributed by atoms with Crippen LogP contribution in [0.15, 0.2) is 36.4 Å². The van der Waals surface area contributed by atoms with E-state index in [0.29, 0.717) is 11.8 Å². The fraction of sp³-hybridized carbons (Fsp3) is 0.640. The molecule has 0 spiro atoms. The topological polar surface area (TPSA) is 34.0 Å². The normalized spacial score (nSPS) is 36.9. The van der Waals surface area contributed by atoms with Gasteiger partial charge in [0.25, 0.3) is 0 Å². The lowest BCUT2D eigenvalue weighted by Gasteiger charge is -2.50. The molecule has 2 aliphatic heterocycles. The molecule has 2 saturated carbocycles. The van der Waals surface area contributed by atoms with Crippen LogP contribution in [0.3, 0.4) is 0 Å². The summed E-state index contributed by atoms with van der Waals surface area (Å²) in [6, 6.07) is 6.77. The van der Waals surface area contributed by atoms with E-state index in [1.165, 1.54) is 35.4 Å². The van der Waals surface area contributed by atoms with Gasteiger partial charge in [-0.3, -0.25) is 4.79 Å². The van der Waals surface area contributed by atoms with Crippen LogP contribution in [0.5, 0.6) is 0 Å². The highest BCUT2D eigenvalue weighted by Crippen LogP contribution is 2.56. The van der Waals surface area contributed by atoms with Crippen molar-refractivity contribution in [2.24, 2.45) is 23.2 Å². The second-order valence-corrected chi connectivity index (χ2v) is 10.3. The molecule has 2 saturated heterocycles. The van der Waals surface area contributed by atoms with Gasteiger partial charge in [-0.05, 0) is 67.7 Å². The standard InChI is InChI=1S/C25H33FN2O2/c1-17-4-3-9-25(2)15-23-20(14-22(17)25)21(24(29)30-23)16-27-10-12-28(13-11-27)19-7-5-18(26)6-8-19/h5-8,20-23H,1,3-4,9-16H2,2H3/p+1/t20-,21-,22+,23+,25-/m0/s1. The maximum Gasteiger partial charge on any atom is 0.315 e. The molecule has 1 N–H and O–H groups in total. The lowest BCUT2D eigenvalue weighted by molar-refractivity contribution is -0.903. The maximum atomic E-state index is 13.2. The van der Waals surface area contributed by atoms with Gasteiger partial charge in [-0.2, -0.15) is 0 Å². The summed E-state index contributed by atoms with van der Waals surface area (Å²) in [5, 5.41) is 0. The second-order valence-electron chi connectivity index (χ2n) is 10.3. The van der Waals surface area contributed by atoms with E-state index >= 15 is 0 Å². The largest absolute Gasteiger partial charge is 0.462 e. The number of halogens is 1. The molecule has 162 valence electrons. The van der Waals surface area contributed by atoms with E-state index in [1.807, 2.05) is 12.1 Å². The monoisotopic (exact) mass is 413 g/mol. The lowest BCUT2D eigenvalue weighted by Crippen LogP contribution is -3.15. The van der Waals surface area contributed by atoms with Crippen molar-refractivity contribution in [3.63, 3.8) is 0 Å². The number of allylic oxidation sites excluding steroid dienone is 1. The van der Waals surface area contributed by atoms with Gasteiger partial charge in [0.1, 0.15) is 17.8 Å². The molecule has 4 nitrogen and oxygen atoms in total. The van der Waals surface area contributed by atoms with Gasteiger partial charge in [-0.25, -0.2) is 4.39 Å². The molecule has 30 heavy (non-hydrogen) atoms. The molecule has 1 aromatic rings. The first-order valence-corrected chi connectivity index (χ1v) is 11.7. The number of hydrogen-bond acceptors (Lipinski definition) is 3. The van der Waals surface area contributed by atoms with Crippen molar-refractivity contribution in [1.82, 2.24) is 0 Å². The number of ether oxygens (including phenoxy) is 1. The molecule has 4 fully saturated rings. The van der Waals surface area contributed by atoms with E-state index in [-0.39, 0.29) is 29.2 Å². The number of quaternary nitrogens is 1. The van der Waals surface area contributed by atoms with Crippen molar-refractivity contribution in [3.05, 3.63) is 42.2 Å². The predicted octanol–water partition coefficient (Wildman–Crippen LogP) is 2.84. The zero-order valence-corrected chi connectivity index (χ0v) is 18.0. The Morgan fingerprint density at radius 3 is 2.73 bits per heavy atom. The number of piperazine rings is 1. The minimum atomic E-state index is -0.193. The van der Waals surface area contributed by atoms with E-state index in [9.17, 15) is 9.18 Å². The van der Waals surface area contributed by atoms with Crippen LogP contribution < -0.4 is 9.80 Å². The third-order valence-corrected chi connectivity index (χ3v) is 8.49. The third-order valence-electron chi connectivity index (χ3n) is 8.49. The van der Waals surface area contributed by atoms with Crippen LogP contribution in [0, 0.1) is 29.0 Å². The summed E-state index contributed by atoms with van der Waals surface area (Å²) in [7, 11) is 0. The molecule has 2 aliphatic carbocycles. The molecule has 5 atom stereocenters. The molecule has 0 aromatic heterocycles. The molecular formula is C25H34FN2O2+. The lowest BCUT2D eigenvalue weighted by atomic mass is 9.55. The summed E-state index contributed by atoms with van der Waals surface area (Å²) in [5.41, 5.74) is 2.75. The highest BCUT2D eigenvalue weighted by atomic mass is 19.1. The Bertz CT molecular complexity index is 817. The Kier molecular flexibility index (Phi) is 5.12. The number of nitrogens with one attached hydrogen (secondary N) is 1. The summed E-state index contributed by atoms with van der Waals surface area (Å²) in [6.07, 6.45) is 5.80. The van der Waals surface area contributed by atoms with Gasteiger partial charge >= 0.3 is 5.97 Å². The molecule has 1 aromatic carbocycles. The SMILES string of the molecule is C=C1CCC[C@@]2(C)C[C@H]3OC(=O)[C@@H](C[NH+]4CCN(c5ccc(F)cc5)CC4)[C@@H]3C[C@H]12. The quantitative estimate of drug-likeness (QED) is 0.611. The molecule has 0 bridgehead atoms. The number of benzene rings is 1. The van der Waals surface area contributed by atoms with E-state index in [1.54, 1.807) is 0 Å². The van der Waals surface area contributed by atoms with Crippen molar-refractivity contribution in [3.8, 4) is 0 Å². The van der Waals surface area contributed by atoms with Gasteiger partial charge in [0.15, 0.2) is 0 Å². The summed E-state index contributed by atoms with van der Waals surface area (Å²) < 4.78 is 19.1. The molecule has 0 unspecified atom stereocenters. The van der Waals surface area contributed by atoms with Crippen molar-refractivity contribution in [1.29, 1.82) is 0 Å². The van der Waals surface area contributed by atoms with Crippen molar-refractivity contribution < 1.29 is 18.8 Å². The number of rotatable bonds is 3. The molecular weight excluding hydrogens is 379 g/mol. The maximum absolute atomic E-state index is 13.2. The highest BCUT2D eigenvalue weighted by Gasteiger charge is 2.56.